The van der Waals surface area contributed by atoms with Crippen molar-refractivity contribution in [3.05, 3.63) is 35.2 Å². The number of aryl methyl sites for hydroxylation is 1. The molecule has 66 valence electrons. The van der Waals surface area contributed by atoms with Crippen LogP contribution >= 0.6 is 11.6 Å². The van der Waals surface area contributed by atoms with Crippen molar-refractivity contribution in [2.45, 2.75) is 6.92 Å². The average molecular weight is 195 g/mol. The van der Waals surface area contributed by atoms with E-state index in [2.05, 4.69) is 10.2 Å². The summed E-state index contributed by atoms with van der Waals surface area (Å²) in [6.45, 7) is 1.93. The Balaban J connectivity index is 2.49. The molecular formula is C9H7ClN2O. The van der Waals surface area contributed by atoms with E-state index in [4.69, 9.17) is 16.0 Å². The van der Waals surface area contributed by atoms with Crippen LogP contribution in [0.5, 0.6) is 0 Å². The molecule has 0 atom stereocenters. The van der Waals surface area contributed by atoms with Crippen molar-refractivity contribution in [1.29, 1.82) is 0 Å². The third kappa shape index (κ3) is 1.55. The highest BCUT2D eigenvalue weighted by atomic mass is 35.5. The van der Waals surface area contributed by atoms with Crippen molar-refractivity contribution in [3.8, 4) is 11.5 Å². The molecule has 0 saturated carbocycles. The molecule has 0 aliphatic rings. The highest BCUT2D eigenvalue weighted by molar-refractivity contribution is 6.31. The molecule has 0 radical (unpaired) electrons. The van der Waals surface area contributed by atoms with E-state index in [1.165, 1.54) is 6.39 Å². The zero-order valence-electron chi connectivity index (χ0n) is 6.99. The first kappa shape index (κ1) is 8.26. The number of rotatable bonds is 1. The van der Waals surface area contributed by atoms with E-state index in [9.17, 15) is 0 Å². The maximum absolute atomic E-state index is 5.88. The van der Waals surface area contributed by atoms with E-state index in [0.717, 1.165) is 16.1 Å². The Hall–Kier alpha value is -1.35. The molecule has 0 saturated heterocycles. The van der Waals surface area contributed by atoms with Gasteiger partial charge in [0.2, 0.25) is 12.3 Å². The fourth-order valence-corrected chi connectivity index (χ4v) is 1.19. The topological polar surface area (TPSA) is 38.9 Å². The first-order valence-electron chi connectivity index (χ1n) is 3.80. The quantitative estimate of drug-likeness (QED) is 0.701. The zero-order chi connectivity index (χ0) is 9.26. The van der Waals surface area contributed by atoms with E-state index in [0.29, 0.717) is 5.89 Å². The standard InChI is InChI=1S/C9H7ClN2O/c1-6-4-7(2-3-8(6)10)9-12-11-5-13-9/h2-5H,1H3. The number of halogens is 1. The van der Waals surface area contributed by atoms with Gasteiger partial charge in [-0.05, 0) is 30.7 Å². The minimum absolute atomic E-state index is 0.514. The lowest BCUT2D eigenvalue weighted by Crippen LogP contribution is -1.80. The van der Waals surface area contributed by atoms with Gasteiger partial charge in [0.05, 0.1) is 0 Å². The number of nitrogens with zero attached hydrogens (tertiary/aromatic N) is 2. The van der Waals surface area contributed by atoms with Crippen LogP contribution in [0.25, 0.3) is 11.5 Å². The van der Waals surface area contributed by atoms with Crippen LogP contribution in [0.4, 0.5) is 0 Å². The fraction of sp³-hybridized carbons (Fsp3) is 0.111. The summed E-state index contributed by atoms with van der Waals surface area (Å²) in [5, 5.41) is 8.14. The van der Waals surface area contributed by atoms with E-state index < -0.39 is 0 Å². The van der Waals surface area contributed by atoms with Crippen molar-refractivity contribution < 1.29 is 4.42 Å². The van der Waals surface area contributed by atoms with Gasteiger partial charge in [-0.15, -0.1) is 10.2 Å². The molecule has 0 spiro atoms. The van der Waals surface area contributed by atoms with Crippen LogP contribution in [0.2, 0.25) is 5.02 Å². The SMILES string of the molecule is Cc1cc(-c2nnco2)ccc1Cl. The highest BCUT2D eigenvalue weighted by Crippen LogP contribution is 2.22. The third-order valence-electron chi connectivity index (χ3n) is 1.76. The lowest BCUT2D eigenvalue weighted by atomic mass is 10.1. The first-order chi connectivity index (χ1) is 6.27. The van der Waals surface area contributed by atoms with Crippen LogP contribution < -0.4 is 0 Å². The average Bonchev–Trinajstić information content (AvgIpc) is 2.62. The van der Waals surface area contributed by atoms with E-state index in [1.54, 1.807) is 0 Å². The van der Waals surface area contributed by atoms with Gasteiger partial charge in [-0.25, -0.2) is 0 Å². The molecule has 1 aromatic carbocycles. The largest absolute Gasteiger partial charge is 0.423 e. The number of hydrogen-bond acceptors (Lipinski definition) is 3. The molecule has 4 heteroatoms. The summed E-state index contributed by atoms with van der Waals surface area (Å²) in [6.07, 6.45) is 1.30. The van der Waals surface area contributed by atoms with Gasteiger partial charge >= 0.3 is 0 Å². The summed E-state index contributed by atoms with van der Waals surface area (Å²) in [5.41, 5.74) is 1.89. The van der Waals surface area contributed by atoms with Gasteiger partial charge in [0.15, 0.2) is 0 Å². The molecule has 0 amide bonds. The smallest absolute Gasteiger partial charge is 0.247 e. The predicted octanol–water partition coefficient (Wildman–Crippen LogP) is 2.70. The van der Waals surface area contributed by atoms with E-state index >= 15 is 0 Å². The van der Waals surface area contributed by atoms with Crippen LogP contribution in [0.3, 0.4) is 0 Å². The third-order valence-corrected chi connectivity index (χ3v) is 2.19. The maximum atomic E-state index is 5.88. The van der Waals surface area contributed by atoms with Crippen LogP contribution in [0.1, 0.15) is 5.56 Å². The van der Waals surface area contributed by atoms with Crippen LogP contribution in [-0.2, 0) is 0 Å². The number of aromatic nitrogens is 2. The first-order valence-corrected chi connectivity index (χ1v) is 4.18. The van der Waals surface area contributed by atoms with Gasteiger partial charge in [0.25, 0.3) is 0 Å². The molecule has 0 aliphatic heterocycles. The second kappa shape index (κ2) is 3.18. The Morgan fingerprint density at radius 2 is 2.23 bits per heavy atom. The van der Waals surface area contributed by atoms with Crippen molar-refractivity contribution in [3.63, 3.8) is 0 Å². The number of benzene rings is 1. The molecule has 2 rings (SSSR count). The van der Waals surface area contributed by atoms with Gasteiger partial charge in [-0.1, -0.05) is 11.6 Å². The lowest BCUT2D eigenvalue weighted by Gasteiger charge is -1.98. The van der Waals surface area contributed by atoms with Crippen LogP contribution in [0, 0.1) is 6.92 Å². The number of hydrogen-bond donors (Lipinski definition) is 0. The van der Waals surface area contributed by atoms with Gasteiger partial charge in [0.1, 0.15) is 0 Å². The molecule has 13 heavy (non-hydrogen) atoms. The highest BCUT2D eigenvalue weighted by Gasteiger charge is 2.04. The Bertz CT molecular complexity index is 412. The van der Waals surface area contributed by atoms with Gasteiger partial charge in [-0.3, -0.25) is 0 Å². The Morgan fingerprint density at radius 3 is 2.85 bits per heavy atom. The molecule has 0 N–H and O–H groups in total. The fourth-order valence-electron chi connectivity index (χ4n) is 1.08. The minimum atomic E-state index is 0.514. The molecule has 2 aromatic rings. The Kier molecular flexibility index (Phi) is 2.02. The Morgan fingerprint density at radius 1 is 1.38 bits per heavy atom. The van der Waals surface area contributed by atoms with Crippen molar-refractivity contribution in [1.82, 2.24) is 10.2 Å². The monoisotopic (exact) mass is 194 g/mol. The summed E-state index contributed by atoms with van der Waals surface area (Å²) < 4.78 is 5.05. The lowest BCUT2D eigenvalue weighted by molar-refractivity contribution is 0.568. The minimum Gasteiger partial charge on any atom is -0.423 e. The zero-order valence-corrected chi connectivity index (χ0v) is 7.75. The Labute approximate surface area is 80.4 Å². The molecule has 0 bridgehead atoms. The second-order valence-corrected chi connectivity index (χ2v) is 3.12. The summed E-state index contributed by atoms with van der Waals surface area (Å²) in [5.74, 6) is 0.514. The van der Waals surface area contributed by atoms with Crippen LogP contribution in [0.15, 0.2) is 29.0 Å². The second-order valence-electron chi connectivity index (χ2n) is 2.71. The summed E-state index contributed by atoms with van der Waals surface area (Å²) in [7, 11) is 0. The molecule has 0 aliphatic carbocycles. The van der Waals surface area contributed by atoms with Crippen molar-refractivity contribution in [2.75, 3.05) is 0 Å². The molecule has 1 aromatic heterocycles. The molecule has 1 heterocycles. The molecule has 0 unspecified atom stereocenters. The van der Waals surface area contributed by atoms with Gasteiger partial charge < -0.3 is 4.42 Å². The van der Waals surface area contributed by atoms with E-state index in [1.807, 2.05) is 25.1 Å². The van der Waals surface area contributed by atoms with E-state index in [-0.39, 0.29) is 0 Å². The van der Waals surface area contributed by atoms with Gasteiger partial charge in [0, 0.05) is 10.6 Å². The van der Waals surface area contributed by atoms with Crippen LogP contribution in [-0.4, -0.2) is 10.2 Å². The predicted molar refractivity (Wildman–Crippen MR) is 49.5 cm³/mol. The normalized spacial score (nSPS) is 10.3. The van der Waals surface area contributed by atoms with Gasteiger partial charge in [-0.2, -0.15) is 0 Å². The van der Waals surface area contributed by atoms with Crippen molar-refractivity contribution in [2.24, 2.45) is 0 Å². The maximum Gasteiger partial charge on any atom is 0.247 e. The molecular weight excluding hydrogens is 188 g/mol. The molecule has 3 nitrogen and oxygen atoms in total. The summed E-state index contributed by atoms with van der Waals surface area (Å²) >= 11 is 5.88. The van der Waals surface area contributed by atoms with Crippen molar-refractivity contribution >= 4 is 11.6 Å². The summed E-state index contributed by atoms with van der Waals surface area (Å²) in [6, 6.07) is 5.58. The summed E-state index contributed by atoms with van der Waals surface area (Å²) in [4.78, 5) is 0. The molecule has 0 fully saturated rings.